The van der Waals surface area contributed by atoms with E-state index in [-0.39, 0.29) is 17.7 Å². The molecular weight excluding hydrogens is 287 g/mol. The Kier molecular flexibility index (Phi) is 3.93. The number of halogens is 3. The van der Waals surface area contributed by atoms with Crippen molar-refractivity contribution in [2.45, 2.75) is 31.5 Å². The molecule has 1 fully saturated rings. The van der Waals surface area contributed by atoms with Gasteiger partial charge in [-0.05, 0) is 37.0 Å². The van der Waals surface area contributed by atoms with E-state index in [0.29, 0.717) is 12.0 Å². The van der Waals surface area contributed by atoms with Crippen LogP contribution in [0.15, 0.2) is 24.3 Å². The van der Waals surface area contributed by atoms with E-state index in [1.54, 1.807) is 0 Å². The molecule has 0 heterocycles. The maximum Gasteiger partial charge on any atom is 0.416 e. The predicted octanol–water partition coefficient (Wildman–Crippen LogP) is 2.40. The zero-order chi connectivity index (χ0) is 15.8. The van der Waals surface area contributed by atoms with Gasteiger partial charge in [0, 0.05) is 5.92 Å². The number of rotatable bonds is 4. The van der Waals surface area contributed by atoms with Crippen LogP contribution in [0.4, 0.5) is 13.2 Å². The molecule has 21 heavy (non-hydrogen) atoms. The molecule has 1 saturated carbocycles. The van der Waals surface area contributed by atoms with Gasteiger partial charge in [0.15, 0.2) is 0 Å². The van der Waals surface area contributed by atoms with Gasteiger partial charge >= 0.3 is 12.1 Å². The van der Waals surface area contributed by atoms with Crippen LogP contribution in [0, 0.1) is 5.92 Å². The smallest absolute Gasteiger partial charge is 0.416 e. The highest BCUT2D eigenvalue weighted by atomic mass is 19.4. The minimum atomic E-state index is -4.38. The van der Waals surface area contributed by atoms with Crippen LogP contribution in [0.1, 0.15) is 30.4 Å². The van der Waals surface area contributed by atoms with Gasteiger partial charge < -0.3 is 10.4 Å². The average molecular weight is 301 g/mol. The molecule has 0 radical (unpaired) electrons. The molecule has 1 aliphatic rings. The van der Waals surface area contributed by atoms with Crippen LogP contribution >= 0.6 is 0 Å². The number of nitrogens with one attached hydrogen (secondary N) is 1. The maximum atomic E-state index is 12.4. The number of hydrogen-bond donors (Lipinski definition) is 2. The number of alkyl halides is 3. The second-order valence-corrected chi connectivity index (χ2v) is 5.14. The fourth-order valence-electron chi connectivity index (χ4n) is 2.15. The third-order valence-electron chi connectivity index (χ3n) is 3.52. The first kappa shape index (κ1) is 15.3. The summed E-state index contributed by atoms with van der Waals surface area (Å²) in [4.78, 5) is 22.4. The largest absolute Gasteiger partial charge is 0.480 e. The summed E-state index contributed by atoms with van der Waals surface area (Å²) in [6, 6.07) is 3.72. The topological polar surface area (TPSA) is 66.4 Å². The molecule has 4 nitrogen and oxygen atoms in total. The van der Waals surface area contributed by atoms with E-state index in [1.165, 1.54) is 19.1 Å². The standard InChI is InChI=1S/C14H14F3NO3/c1-7(13(20)21)18-12(19)11-6-10(11)8-2-4-9(5-3-8)14(15,16)17/h2-5,7,10-11H,6H2,1H3,(H,18,19)(H,20,21)/t7-,10?,11?/m1/s1. The molecule has 2 unspecified atom stereocenters. The third kappa shape index (κ3) is 3.53. The number of benzene rings is 1. The van der Waals surface area contributed by atoms with Crippen LogP contribution in [0.3, 0.4) is 0 Å². The van der Waals surface area contributed by atoms with Crippen molar-refractivity contribution in [2.24, 2.45) is 5.92 Å². The van der Waals surface area contributed by atoms with Crippen molar-refractivity contribution in [3.05, 3.63) is 35.4 Å². The molecular formula is C14H14F3NO3. The van der Waals surface area contributed by atoms with Gasteiger partial charge in [-0.3, -0.25) is 9.59 Å². The Hall–Kier alpha value is -2.05. The number of carboxylic acid groups (broad SMARTS) is 1. The highest BCUT2D eigenvalue weighted by molar-refractivity contribution is 5.87. The Labute approximate surface area is 119 Å². The molecule has 1 aromatic rings. The summed E-state index contributed by atoms with van der Waals surface area (Å²) < 4.78 is 37.3. The normalized spacial score (nSPS) is 22.5. The Morgan fingerprint density at radius 3 is 2.33 bits per heavy atom. The second kappa shape index (κ2) is 5.38. The van der Waals surface area contributed by atoms with Crippen LogP contribution < -0.4 is 5.32 Å². The third-order valence-corrected chi connectivity index (χ3v) is 3.52. The molecule has 1 aliphatic carbocycles. The Balaban J connectivity index is 1.97. The molecule has 2 N–H and O–H groups in total. The number of carboxylic acids is 1. The molecule has 114 valence electrons. The first-order chi connectivity index (χ1) is 9.70. The van der Waals surface area contributed by atoms with Crippen molar-refractivity contribution < 1.29 is 27.9 Å². The fraction of sp³-hybridized carbons (Fsp3) is 0.429. The average Bonchev–Trinajstić information content (AvgIpc) is 3.18. The van der Waals surface area contributed by atoms with Gasteiger partial charge in [0.2, 0.25) is 5.91 Å². The lowest BCUT2D eigenvalue weighted by atomic mass is 10.1. The molecule has 0 spiro atoms. The van der Waals surface area contributed by atoms with E-state index in [0.717, 1.165) is 12.1 Å². The molecule has 1 aromatic carbocycles. The fourth-order valence-corrected chi connectivity index (χ4v) is 2.15. The molecule has 7 heteroatoms. The highest BCUT2D eigenvalue weighted by Gasteiger charge is 2.44. The lowest BCUT2D eigenvalue weighted by Crippen LogP contribution is -2.39. The number of hydrogen-bond acceptors (Lipinski definition) is 2. The summed E-state index contributed by atoms with van der Waals surface area (Å²) in [6.07, 6.45) is -3.86. The van der Waals surface area contributed by atoms with Crippen molar-refractivity contribution >= 4 is 11.9 Å². The zero-order valence-corrected chi connectivity index (χ0v) is 11.1. The summed E-state index contributed by atoms with van der Waals surface area (Å²) >= 11 is 0. The van der Waals surface area contributed by atoms with E-state index in [2.05, 4.69) is 5.32 Å². The monoisotopic (exact) mass is 301 g/mol. The summed E-state index contributed by atoms with van der Waals surface area (Å²) in [7, 11) is 0. The van der Waals surface area contributed by atoms with Crippen LogP contribution in [0.25, 0.3) is 0 Å². The minimum absolute atomic E-state index is 0.145. The zero-order valence-electron chi connectivity index (χ0n) is 11.1. The molecule has 0 bridgehead atoms. The molecule has 3 atom stereocenters. The van der Waals surface area contributed by atoms with Gasteiger partial charge in [0.25, 0.3) is 0 Å². The van der Waals surface area contributed by atoms with Gasteiger partial charge in [0.1, 0.15) is 6.04 Å². The van der Waals surface area contributed by atoms with Gasteiger partial charge in [-0.2, -0.15) is 13.2 Å². The Bertz CT molecular complexity index is 554. The minimum Gasteiger partial charge on any atom is -0.480 e. The molecule has 1 amide bonds. The van der Waals surface area contributed by atoms with Crippen LogP contribution in [0.5, 0.6) is 0 Å². The van der Waals surface area contributed by atoms with Crippen molar-refractivity contribution in [2.75, 3.05) is 0 Å². The van der Waals surface area contributed by atoms with E-state index in [4.69, 9.17) is 5.11 Å². The summed E-state index contributed by atoms with van der Waals surface area (Å²) in [5.74, 6) is -2.03. The number of carbonyl (C=O) groups is 2. The van der Waals surface area contributed by atoms with E-state index >= 15 is 0 Å². The SMILES string of the molecule is C[C@@H](NC(=O)C1CC1c1ccc(C(F)(F)F)cc1)C(=O)O. The van der Waals surface area contributed by atoms with E-state index in [1.807, 2.05) is 0 Å². The first-order valence-electron chi connectivity index (χ1n) is 6.40. The van der Waals surface area contributed by atoms with Gasteiger partial charge in [0.05, 0.1) is 5.56 Å². The Morgan fingerprint density at radius 1 is 1.29 bits per heavy atom. The number of carbonyl (C=O) groups excluding carboxylic acids is 1. The van der Waals surface area contributed by atoms with Gasteiger partial charge in [-0.1, -0.05) is 12.1 Å². The molecule has 0 aliphatic heterocycles. The molecule has 0 saturated heterocycles. The quantitative estimate of drug-likeness (QED) is 0.897. The lowest BCUT2D eigenvalue weighted by molar-refractivity contribution is -0.141. The predicted molar refractivity (Wildman–Crippen MR) is 67.5 cm³/mol. The van der Waals surface area contributed by atoms with Gasteiger partial charge in [-0.25, -0.2) is 0 Å². The summed E-state index contributed by atoms with van der Waals surface area (Å²) in [5.41, 5.74) is -0.0708. The summed E-state index contributed by atoms with van der Waals surface area (Å²) in [6.45, 7) is 1.36. The van der Waals surface area contributed by atoms with Gasteiger partial charge in [-0.15, -0.1) is 0 Å². The van der Waals surface area contributed by atoms with E-state index < -0.39 is 23.8 Å². The van der Waals surface area contributed by atoms with Crippen molar-refractivity contribution in [1.29, 1.82) is 0 Å². The second-order valence-electron chi connectivity index (χ2n) is 5.14. The first-order valence-corrected chi connectivity index (χ1v) is 6.40. The molecule has 0 aromatic heterocycles. The van der Waals surface area contributed by atoms with Crippen molar-refractivity contribution in [3.63, 3.8) is 0 Å². The highest BCUT2D eigenvalue weighted by Crippen LogP contribution is 2.48. The summed E-state index contributed by atoms with van der Waals surface area (Å²) in [5, 5.41) is 11.1. The van der Waals surface area contributed by atoms with Crippen molar-refractivity contribution in [1.82, 2.24) is 5.32 Å². The van der Waals surface area contributed by atoms with E-state index in [9.17, 15) is 22.8 Å². The number of aliphatic carboxylic acids is 1. The number of amides is 1. The Morgan fingerprint density at radius 2 is 1.86 bits per heavy atom. The van der Waals surface area contributed by atoms with Crippen LogP contribution in [-0.2, 0) is 15.8 Å². The van der Waals surface area contributed by atoms with Crippen LogP contribution in [0.2, 0.25) is 0 Å². The van der Waals surface area contributed by atoms with Crippen LogP contribution in [-0.4, -0.2) is 23.0 Å². The molecule has 2 rings (SSSR count). The van der Waals surface area contributed by atoms with Crippen molar-refractivity contribution in [3.8, 4) is 0 Å². The lowest BCUT2D eigenvalue weighted by Gasteiger charge is -2.09. The maximum absolute atomic E-state index is 12.4.